The normalized spacial score (nSPS) is 22.1. The van der Waals surface area contributed by atoms with Crippen LogP contribution in [-0.2, 0) is 6.42 Å². The fourth-order valence-electron chi connectivity index (χ4n) is 3.89. The number of alkyl halides is 3. The molecule has 2 aliphatic rings. The molecule has 0 aliphatic heterocycles. The largest absolute Gasteiger partial charge is 0.573 e. The van der Waals surface area contributed by atoms with Crippen molar-refractivity contribution in [3.05, 3.63) is 72.3 Å². The van der Waals surface area contributed by atoms with Gasteiger partial charge in [0.25, 0.3) is 0 Å². The van der Waals surface area contributed by atoms with E-state index in [-0.39, 0.29) is 11.7 Å². The molecule has 0 spiro atoms. The van der Waals surface area contributed by atoms with Gasteiger partial charge in [0, 0.05) is 24.3 Å². The molecule has 1 unspecified atom stereocenters. The summed E-state index contributed by atoms with van der Waals surface area (Å²) in [5.41, 5.74) is 3.55. The maximum Gasteiger partial charge on any atom is 0.573 e. The second-order valence-electron chi connectivity index (χ2n) is 7.83. The molecule has 1 radical (unpaired) electrons. The molecule has 1 aromatic rings. The summed E-state index contributed by atoms with van der Waals surface area (Å²) >= 11 is 0. The smallest absolute Gasteiger partial charge is 0.406 e. The maximum atomic E-state index is 12.2. The Morgan fingerprint density at radius 1 is 1.20 bits per heavy atom. The highest BCUT2D eigenvalue weighted by Crippen LogP contribution is 2.42. The Hall–Kier alpha value is -2.81. The molecular weight excluding hydrogens is 389 g/mol. The molecule has 0 N–H and O–H groups in total. The summed E-state index contributed by atoms with van der Waals surface area (Å²) in [6, 6.07) is 8.16. The number of nitriles is 1. The number of nitrogens with zero attached hydrogens (tertiary/aromatic N) is 2. The molecule has 6 heteroatoms. The first kappa shape index (κ1) is 21.9. The lowest BCUT2D eigenvalue weighted by Gasteiger charge is -2.30. The average molecular weight is 413 g/mol. The number of rotatable bonds is 8. The Morgan fingerprint density at radius 2 is 1.83 bits per heavy atom. The average Bonchev–Trinajstić information content (AvgIpc) is 3.53. The lowest BCUT2D eigenvalue weighted by Crippen LogP contribution is -2.21. The molecule has 2 aliphatic carbocycles. The van der Waals surface area contributed by atoms with Crippen LogP contribution < -0.4 is 4.74 Å². The van der Waals surface area contributed by atoms with E-state index in [1.54, 1.807) is 18.3 Å². The highest BCUT2D eigenvalue weighted by Gasteiger charge is 2.33. The van der Waals surface area contributed by atoms with Crippen LogP contribution in [0.15, 0.2) is 65.3 Å². The van der Waals surface area contributed by atoms with Gasteiger partial charge in [0.15, 0.2) is 0 Å². The van der Waals surface area contributed by atoms with Crippen molar-refractivity contribution in [1.29, 1.82) is 5.26 Å². The van der Waals surface area contributed by atoms with E-state index in [1.165, 1.54) is 17.7 Å². The minimum atomic E-state index is -4.69. The Labute approximate surface area is 175 Å². The molecule has 0 bridgehead atoms. The third-order valence-electron chi connectivity index (χ3n) is 5.57. The minimum Gasteiger partial charge on any atom is -0.406 e. The summed E-state index contributed by atoms with van der Waals surface area (Å²) in [6.45, 7) is 8.07. The van der Waals surface area contributed by atoms with Crippen LogP contribution in [0.2, 0.25) is 0 Å². The molecule has 3 rings (SSSR count). The van der Waals surface area contributed by atoms with Crippen LogP contribution in [0, 0.1) is 35.5 Å². The molecule has 157 valence electrons. The Balaban J connectivity index is 1.45. The van der Waals surface area contributed by atoms with Crippen LogP contribution in [-0.4, -0.2) is 12.6 Å². The van der Waals surface area contributed by atoms with Crippen molar-refractivity contribution in [1.82, 2.24) is 0 Å². The SMILES string of the molecule is C=C(C=NC(=C)C1CCC(C(C#N)C2=C[CH]2)CC1)Cc1ccc(OC(F)(F)F)cc1. The second kappa shape index (κ2) is 9.34. The zero-order valence-corrected chi connectivity index (χ0v) is 16.7. The van der Waals surface area contributed by atoms with E-state index < -0.39 is 6.36 Å². The molecule has 1 atom stereocenters. The number of aliphatic imine (C=N–C) groups is 1. The van der Waals surface area contributed by atoms with Crippen molar-refractivity contribution < 1.29 is 17.9 Å². The van der Waals surface area contributed by atoms with E-state index in [2.05, 4.69) is 29.0 Å². The fraction of sp³-hybridized carbons (Fsp3) is 0.375. The molecule has 0 saturated heterocycles. The number of halogens is 3. The van der Waals surface area contributed by atoms with Crippen molar-refractivity contribution in [2.75, 3.05) is 0 Å². The van der Waals surface area contributed by atoms with Gasteiger partial charge in [0.1, 0.15) is 5.75 Å². The van der Waals surface area contributed by atoms with Gasteiger partial charge in [-0.15, -0.1) is 13.2 Å². The number of ether oxygens (including phenoxy) is 1. The summed E-state index contributed by atoms with van der Waals surface area (Å²) in [5, 5.41) is 9.38. The predicted molar refractivity (Wildman–Crippen MR) is 111 cm³/mol. The predicted octanol–water partition coefficient (Wildman–Crippen LogP) is 6.36. The molecule has 30 heavy (non-hydrogen) atoms. The maximum absolute atomic E-state index is 12.2. The molecular formula is C24H24F3N2O. The zero-order chi connectivity index (χ0) is 21.7. The molecule has 0 heterocycles. The first-order valence-corrected chi connectivity index (χ1v) is 9.95. The number of benzene rings is 1. The quantitative estimate of drug-likeness (QED) is 0.466. The van der Waals surface area contributed by atoms with E-state index in [4.69, 9.17) is 0 Å². The van der Waals surface area contributed by atoms with Crippen molar-refractivity contribution in [3.8, 4) is 11.8 Å². The van der Waals surface area contributed by atoms with E-state index in [1.807, 2.05) is 12.5 Å². The van der Waals surface area contributed by atoms with Gasteiger partial charge in [-0.25, -0.2) is 0 Å². The number of hydrogen-bond acceptors (Lipinski definition) is 3. The molecule has 3 nitrogen and oxygen atoms in total. The second-order valence-corrected chi connectivity index (χ2v) is 7.83. The summed E-state index contributed by atoms with van der Waals surface area (Å²) in [6.07, 6.45) is 5.43. The van der Waals surface area contributed by atoms with Crippen LogP contribution in [0.3, 0.4) is 0 Å². The van der Waals surface area contributed by atoms with E-state index in [0.717, 1.165) is 42.5 Å². The van der Waals surface area contributed by atoms with Gasteiger partial charge in [0.05, 0.1) is 12.0 Å². The van der Waals surface area contributed by atoms with Crippen molar-refractivity contribution >= 4 is 6.21 Å². The van der Waals surface area contributed by atoms with Crippen LogP contribution in [0.1, 0.15) is 31.2 Å². The lowest BCUT2D eigenvalue weighted by molar-refractivity contribution is -0.274. The monoisotopic (exact) mass is 413 g/mol. The van der Waals surface area contributed by atoms with Gasteiger partial charge in [-0.05, 0) is 66.9 Å². The fourth-order valence-corrected chi connectivity index (χ4v) is 3.89. The number of hydrogen-bond donors (Lipinski definition) is 0. The molecule has 1 fully saturated rings. The first-order chi connectivity index (χ1) is 14.2. The summed E-state index contributed by atoms with van der Waals surface area (Å²) in [5.74, 6) is 0.493. The van der Waals surface area contributed by atoms with Crippen LogP contribution in [0.25, 0.3) is 0 Å². The van der Waals surface area contributed by atoms with Crippen LogP contribution in [0.5, 0.6) is 5.75 Å². The third-order valence-corrected chi connectivity index (χ3v) is 5.57. The lowest BCUT2D eigenvalue weighted by atomic mass is 9.74. The highest BCUT2D eigenvalue weighted by molar-refractivity contribution is 5.79. The van der Waals surface area contributed by atoms with Crippen molar-refractivity contribution in [2.24, 2.45) is 22.7 Å². The molecule has 1 saturated carbocycles. The molecule has 1 aromatic carbocycles. The van der Waals surface area contributed by atoms with Gasteiger partial charge >= 0.3 is 6.36 Å². The first-order valence-electron chi connectivity index (χ1n) is 9.95. The highest BCUT2D eigenvalue weighted by atomic mass is 19.4. The zero-order valence-electron chi connectivity index (χ0n) is 16.7. The third kappa shape index (κ3) is 6.35. The van der Waals surface area contributed by atoms with Gasteiger partial charge in [-0.1, -0.05) is 31.4 Å². The van der Waals surface area contributed by atoms with Gasteiger partial charge in [0.2, 0.25) is 0 Å². The van der Waals surface area contributed by atoms with Gasteiger partial charge < -0.3 is 4.74 Å². The van der Waals surface area contributed by atoms with Crippen molar-refractivity contribution in [3.63, 3.8) is 0 Å². The Bertz CT molecular complexity index is 883. The number of allylic oxidation sites excluding steroid dienone is 4. The van der Waals surface area contributed by atoms with Gasteiger partial charge in [-0.3, -0.25) is 4.99 Å². The topological polar surface area (TPSA) is 45.4 Å². The van der Waals surface area contributed by atoms with E-state index in [0.29, 0.717) is 18.3 Å². The summed E-state index contributed by atoms with van der Waals surface area (Å²) < 4.78 is 40.5. The van der Waals surface area contributed by atoms with E-state index >= 15 is 0 Å². The summed E-state index contributed by atoms with van der Waals surface area (Å²) in [7, 11) is 0. The Morgan fingerprint density at radius 3 is 2.37 bits per heavy atom. The van der Waals surface area contributed by atoms with E-state index in [9.17, 15) is 18.4 Å². The molecule has 0 aromatic heterocycles. The molecule has 0 amide bonds. The van der Waals surface area contributed by atoms with Gasteiger partial charge in [-0.2, -0.15) is 5.26 Å². The van der Waals surface area contributed by atoms with Crippen molar-refractivity contribution in [2.45, 2.75) is 38.5 Å². The Kier molecular flexibility index (Phi) is 6.81. The minimum absolute atomic E-state index is 0.0235. The van der Waals surface area contributed by atoms with Crippen LogP contribution >= 0.6 is 0 Å². The van der Waals surface area contributed by atoms with Crippen LogP contribution in [0.4, 0.5) is 13.2 Å². The summed E-state index contributed by atoms with van der Waals surface area (Å²) in [4.78, 5) is 4.47. The standard InChI is InChI=1S/C24H24F3N2O/c1-16(13-18-3-11-22(12-4-18)30-24(25,26)27)15-29-17(2)19-5-7-20(8-6-19)23(14-28)21-9-10-21/h3-4,9-12,15,19-20,23H,1-2,5-8,13H2.